The van der Waals surface area contributed by atoms with Crippen LogP contribution in [0.3, 0.4) is 0 Å². The Bertz CT molecular complexity index is 208. The van der Waals surface area contributed by atoms with Crippen molar-refractivity contribution < 1.29 is 14.3 Å². The third kappa shape index (κ3) is 3.34. The average Bonchev–Trinajstić information content (AvgIpc) is 2.19. The average molecular weight is 218 g/mol. The maximum atomic E-state index is 13.6. The number of nitrogens with zero attached hydrogens (tertiary/aromatic N) is 1. The number of piperidine rings is 1. The van der Waals surface area contributed by atoms with E-state index in [2.05, 4.69) is 5.32 Å². The van der Waals surface area contributed by atoms with Crippen LogP contribution in [0.5, 0.6) is 0 Å². The Morgan fingerprint density at radius 3 is 2.93 bits per heavy atom. The molecule has 1 amide bonds. The van der Waals surface area contributed by atoms with Gasteiger partial charge in [-0.1, -0.05) is 13.3 Å². The molecule has 88 valence electrons. The third-order valence-electron chi connectivity index (χ3n) is 2.71. The molecule has 1 saturated heterocycles. The fraction of sp³-hybridized carbons (Fsp3) is 0.900. The van der Waals surface area contributed by atoms with Gasteiger partial charge in [0.2, 0.25) is 0 Å². The first kappa shape index (κ1) is 12.2. The number of nitrogens with one attached hydrogen (secondary N) is 1. The molecule has 0 spiro atoms. The van der Waals surface area contributed by atoms with Gasteiger partial charge in [0.25, 0.3) is 0 Å². The zero-order valence-electron chi connectivity index (χ0n) is 9.08. The van der Waals surface area contributed by atoms with E-state index >= 15 is 0 Å². The van der Waals surface area contributed by atoms with Gasteiger partial charge < -0.3 is 10.4 Å². The van der Waals surface area contributed by atoms with Gasteiger partial charge in [-0.05, 0) is 25.8 Å². The highest BCUT2D eigenvalue weighted by atomic mass is 19.1. The molecule has 0 bridgehead atoms. The fourth-order valence-electron chi connectivity index (χ4n) is 1.95. The van der Waals surface area contributed by atoms with E-state index in [0.717, 1.165) is 24.3 Å². The highest BCUT2D eigenvalue weighted by molar-refractivity contribution is 5.65. The van der Waals surface area contributed by atoms with E-state index in [0.29, 0.717) is 13.0 Å². The summed E-state index contributed by atoms with van der Waals surface area (Å²) in [4.78, 5) is 11.9. The molecule has 1 rings (SSSR count). The molecular formula is C10H19FN2O2. The Labute approximate surface area is 89.4 Å². The predicted molar refractivity (Wildman–Crippen MR) is 55.6 cm³/mol. The Morgan fingerprint density at radius 1 is 1.73 bits per heavy atom. The lowest BCUT2D eigenvalue weighted by Crippen LogP contribution is -2.51. The van der Waals surface area contributed by atoms with Gasteiger partial charge in [-0.3, -0.25) is 4.90 Å². The van der Waals surface area contributed by atoms with E-state index in [-0.39, 0.29) is 12.5 Å². The van der Waals surface area contributed by atoms with E-state index < -0.39 is 12.4 Å². The molecule has 1 aliphatic rings. The van der Waals surface area contributed by atoms with Gasteiger partial charge in [0.05, 0.1) is 6.04 Å². The van der Waals surface area contributed by atoms with E-state index in [1.807, 2.05) is 6.92 Å². The van der Waals surface area contributed by atoms with Crippen LogP contribution < -0.4 is 5.32 Å². The van der Waals surface area contributed by atoms with E-state index in [1.54, 1.807) is 0 Å². The summed E-state index contributed by atoms with van der Waals surface area (Å²) in [6.07, 6.45) is 0.0898. The Morgan fingerprint density at radius 2 is 2.47 bits per heavy atom. The molecule has 0 aromatic heterocycles. The summed E-state index contributed by atoms with van der Waals surface area (Å²) in [5, 5.41) is 12.1. The van der Waals surface area contributed by atoms with Crippen LogP contribution in [-0.2, 0) is 0 Å². The topological polar surface area (TPSA) is 52.6 Å². The minimum Gasteiger partial charge on any atom is -0.465 e. The number of hydrogen-bond donors (Lipinski definition) is 2. The molecule has 5 heteroatoms. The van der Waals surface area contributed by atoms with Crippen molar-refractivity contribution in [2.45, 2.75) is 44.9 Å². The molecule has 1 aliphatic heterocycles. The second kappa shape index (κ2) is 5.90. The Balaban J connectivity index is 2.58. The van der Waals surface area contributed by atoms with Crippen molar-refractivity contribution >= 4 is 6.09 Å². The number of amides is 1. The smallest absolute Gasteiger partial charge is 0.409 e. The van der Waals surface area contributed by atoms with Gasteiger partial charge in [-0.2, -0.15) is 0 Å². The maximum absolute atomic E-state index is 13.6. The summed E-state index contributed by atoms with van der Waals surface area (Å²) < 4.78 is 13.6. The van der Waals surface area contributed by atoms with Gasteiger partial charge in [0, 0.05) is 6.54 Å². The monoisotopic (exact) mass is 218 g/mol. The molecule has 0 aliphatic carbocycles. The van der Waals surface area contributed by atoms with Crippen molar-refractivity contribution in [1.29, 1.82) is 0 Å². The third-order valence-corrected chi connectivity index (χ3v) is 2.71. The maximum Gasteiger partial charge on any atom is 0.409 e. The highest BCUT2D eigenvalue weighted by Gasteiger charge is 2.30. The van der Waals surface area contributed by atoms with E-state index in [4.69, 9.17) is 5.11 Å². The molecule has 1 fully saturated rings. The summed E-state index contributed by atoms with van der Waals surface area (Å²) in [6, 6.07) is -0.210. The van der Waals surface area contributed by atoms with Crippen LogP contribution in [0, 0.1) is 0 Å². The highest BCUT2D eigenvalue weighted by Crippen LogP contribution is 2.17. The van der Waals surface area contributed by atoms with E-state index in [9.17, 15) is 9.18 Å². The molecule has 15 heavy (non-hydrogen) atoms. The van der Waals surface area contributed by atoms with Crippen molar-refractivity contribution in [3.05, 3.63) is 0 Å². The van der Waals surface area contributed by atoms with Crippen LogP contribution in [0.1, 0.15) is 32.6 Å². The summed E-state index contributed by atoms with van der Waals surface area (Å²) >= 11 is 0. The van der Waals surface area contributed by atoms with Gasteiger partial charge in [0.15, 0.2) is 6.30 Å². The molecule has 4 nitrogen and oxygen atoms in total. The van der Waals surface area contributed by atoms with Crippen LogP contribution in [0.15, 0.2) is 0 Å². The van der Waals surface area contributed by atoms with Crippen molar-refractivity contribution in [3.8, 4) is 0 Å². The first-order chi connectivity index (χ1) is 7.16. The zero-order chi connectivity index (χ0) is 11.3. The standard InChI is InChI=1S/C10H19FN2O2/c1-2-4-9(11)13(10(14)15)8-5-3-6-12-7-8/h8-9,12H,2-7H2,1H3,(H,14,15). The molecule has 2 unspecified atom stereocenters. The molecule has 2 atom stereocenters. The summed E-state index contributed by atoms with van der Waals surface area (Å²) in [6.45, 7) is 3.32. The van der Waals surface area contributed by atoms with Crippen LogP contribution in [-0.4, -0.2) is 41.5 Å². The lowest BCUT2D eigenvalue weighted by Gasteiger charge is -2.34. The van der Waals surface area contributed by atoms with Crippen molar-refractivity contribution in [1.82, 2.24) is 10.2 Å². The fourth-order valence-corrected chi connectivity index (χ4v) is 1.95. The second-order valence-electron chi connectivity index (χ2n) is 3.91. The molecule has 1 heterocycles. The number of hydrogen-bond acceptors (Lipinski definition) is 2. The molecule has 0 aromatic carbocycles. The van der Waals surface area contributed by atoms with Gasteiger partial charge >= 0.3 is 6.09 Å². The number of alkyl halides is 1. The summed E-state index contributed by atoms with van der Waals surface area (Å²) in [5.74, 6) is 0. The summed E-state index contributed by atoms with van der Waals surface area (Å²) in [7, 11) is 0. The van der Waals surface area contributed by atoms with Crippen molar-refractivity contribution in [3.63, 3.8) is 0 Å². The lowest BCUT2D eigenvalue weighted by atomic mass is 10.1. The summed E-state index contributed by atoms with van der Waals surface area (Å²) in [5.41, 5.74) is 0. The van der Waals surface area contributed by atoms with Gasteiger partial charge in [-0.15, -0.1) is 0 Å². The van der Waals surface area contributed by atoms with Crippen molar-refractivity contribution in [2.75, 3.05) is 13.1 Å². The number of rotatable bonds is 4. The minimum absolute atomic E-state index is 0.210. The SMILES string of the molecule is CCCC(F)N(C(=O)O)C1CCCNC1. The Kier molecular flexibility index (Phi) is 4.81. The Hall–Kier alpha value is -0.840. The lowest BCUT2D eigenvalue weighted by molar-refractivity contribution is 0.0308. The number of carboxylic acid groups (broad SMARTS) is 1. The quantitative estimate of drug-likeness (QED) is 0.708. The van der Waals surface area contributed by atoms with Gasteiger partial charge in [0.1, 0.15) is 0 Å². The first-order valence-corrected chi connectivity index (χ1v) is 5.52. The molecular weight excluding hydrogens is 199 g/mol. The van der Waals surface area contributed by atoms with Crippen molar-refractivity contribution in [2.24, 2.45) is 0 Å². The molecule has 0 saturated carbocycles. The number of carbonyl (C=O) groups is 1. The predicted octanol–water partition coefficient (Wildman–Crippen LogP) is 1.81. The number of halogens is 1. The second-order valence-corrected chi connectivity index (χ2v) is 3.91. The first-order valence-electron chi connectivity index (χ1n) is 5.52. The zero-order valence-corrected chi connectivity index (χ0v) is 9.08. The van der Waals surface area contributed by atoms with Crippen LogP contribution in [0.25, 0.3) is 0 Å². The molecule has 0 aromatic rings. The normalized spacial score (nSPS) is 23.5. The van der Waals surface area contributed by atoms with Crippen LogP contribution in [0.4, 0.5) is 9.18 Å². The van der Waals surface area contributed by atoms with E-state index in [1.165, 1.54) is 0 Å². The van der Waals surface area contributed by atoms with Crippen LogP contribution >= 0.6 is 0 Å². The van der Waals surface area contributed by atoms with Crippen LogP contribution in [0.2, 0.25) is 0 Å². The largest absolute Gasteiger partial charge is 0.465 e. The molecule has 2 N–H and O–H groups in total. The minimum atomic E-state index is -1.36. The molecule has 0 radical (unpaired) electrons. The van der Waals surface area contributed by atoms with Gasteiger partial charge in [-0.25, -0.2) is 9.18 Å².